The Morgan fingerprint density at radius 1 is 1.27 bits per heavy atom. The summed E-state index contributed by atoms with van der Waals surface area (Å²) in [6.45, 7) is 0.408. The van der Waals surface area contributed by atoms with Gasteiger partial charge in [0.25, 0.3) is 5.62 Å². The summed E-state index contributed by atoms with van der Waals surface area (Å²) in [6.07, 6.45) is 5.18. The van der Waals surface area contributed by atoms with E-state index in [1.807, 2.05) is 18.2 Å². The molecule has 0 unspecified atom stereocenters. The SMILES string of the molecule is COc1ccc(CNc2nc(=NC3CC3)n3nc/c(=C\c4[nH]c(=O)[nH]c4O)c3n2)c(OC)c1. The molecule has 0 spiro atoms. The average molecular weight is 450 g/mol. The topological polar surface area (TPSA) is 155 Å². The predicted octanol–water partition coefficient (Wildman–Crippen LogP) is 0.0864. The van der Waals surface area contributed by atoms with Gasteiger partial charge in [0.15, 0.2) is 5.65 Å². The summed E-state index contributed by atoms with van der Waals surface area (Å²) in [5, 5.41) is 18.1. The molecule has 1 aliphatic carbocycles. The van der Waals surface area contributed by atoms with E-state index in [0.717, 1.165) is 18.4 Å². The van der Waals surface area contributed by atoms with Crippen LogP contribution in [0.15, 0.2) is 34.2 Å². The molecule has 4 aromatic rings. The Hall–Kier alpha value is -4.35. The zero-order valence-electron chi connectivity index (χ0n) is 18.0. The summed E-state index contributed by atoms with van der Waals surface area (Å²) in [7, 11) is 3.20. The molecule has 0 saturated heterocycles. The molecule has 12 nitrogen and oxygen atoms in total. The van der Waals surface area contributed by atoms with E-state index in [0.29, 0.717) is 40.5 Å². The van der Waals surface area contributed by atoms with Gasteiger partial charge in [-0.2, -0.15) is 19.6 Å². The van der Waals surface area contributed by atoms with Gasteiger partial charge in [-0.3, -0.25) is 4.98 Å². The average Bonchev–Trinajstić information content (AvgIpc) is 3.45. The summed E-state index contributed by atoms with van der Waals surface area (Å²) < 4.78 is 12.3. The molecule has 0 bridgehead atoms. The highest BCUT2D eigenvalue weighted by atomic mass is 16.5. The van der Waals surface area contributed by atoms with Crippen LogP contribution < -0.4 is 31.3 Å². The van der Waals surface area contributed by atoms with Gasteiger partial charge in [-0.05, 0) is 31.1 Å². The highest BCUT2D eigenvalue weighted by Gasteiger charge is 2.21. The van der Waals surface area contributed by atoms with Crippen molar-refractivity contribution in [1.29, 1.82) is 0 Å². The summed E-state index contributed by atoms with van der Waals surface area (Å²) >= 11 is 0. The third-order valence-electron chi connectivity index (χ3n) is 5.19. The van der Waals surface area contributed by atoms with Crippen molar-refractivity contribution in [3.8, 4) is 17.4 Å². The van der Waals surface area contributed by atoms with Crippen molar-refractivity contribution in [2.24, 2.45) is 4.99 Å². The van der Waals surface area contributed by atoms with E-state index in [9.17, 15) is 9.90 Å². The van der Waals surface area contributed by atoms with Crippen LogP contribution in [0.2, 0.25) is 0 Å². The molecule has 3 aromatic heterocycles. The minimum absolute atomic E-state index is 0.222. The lowest BCUT2D eigenvalue weighted by Gasteiger charge is -2.11. The largest absolute Gasteiger partial charge is 0.497 e. The first-order valence-electron chi connectivity index (χ1n) is 10.3. The van der Waals surface area contributed by atoms with Gasteiger partial charge < -0.3 is 24.9 Å². The maximum atomic E-state index is 11.5. The lowest BCUT2D eigenvalue weighted by atomic mass is 10.2. The van der Waals surface area contributed by atoms with Crippen molar-refractivity contribution in [2.45, 2.75) is 25.4 Å². The van der Waals surface area contributed by atoms with E-state index in [-0.39, 0.29) is 17.6 Å². The van der Waals surface area contributed by atoms with Crippen molar-refractivity contribution >= 4 is 17.7 Å². The van der Waals surface area contributed by atoms with Crippen LogP contribution in [0, 0.1) is 0 Å². The van der Waals surface area contributed by atoms with E-state index < -0.39 is 5.69 Å². The van der Waals surface area contributed by atoms with Gasteiger partial charge in [0.05, 0.1) is 26.5 Å². The Morgan fingerprint density at radius 3 is 2.82 bits per heavy atom. The van der Waals surface area contributed by atoms with Crippen molar-refractivity contribution in [1.82, 2.24) is 29.5 Å². The molecule has 1 aliphatic rings. The normalized spacial score (nSPS) is 14.7. The third kappa shape index (κ3) is 4.22. The van der Waals surface area contributed by atoms with Gasteiger partial charge in [-0.15, -0.1) is 0 Å². The van der Waals surface area contributed by atoms with Crippen LogP contribution >= 0.6 is 0 Å². The first kappa shape index (κ1) is 20.5. The predicted molar refractivity (Wildman–Crippen MR) is 118 cm³/mol. The van der Waals surface area contributed by atoms with Crippen molar-refractivity contribution < 1.29 is 14.6 Å². The summed E-state index contributed by atoms with van der Waals surface area (Å²) in [4.78, 5) is 30.1. The lowest BCUT2D eigenvalue weighted by molar-refractivity contribution is 0.391. The molecule has 0 radical (unpaired) electrons. The van der Waals surface area contributed by atoms with Gasteiger partial charge in [0.2, 0.25) is 11.8 Å². The van der Waals surface area contributed by atoms with Gasteiger partial charge in [0.1, 0.15) is 17.2 Å². The van der Waals surface area contributed by atoms with Gasteiger partial charge in [0, 0.05) is 23.4 Å². The second-order valence-electron chi connectivity index (χ2n) is 7.56. The second-order valence-corrected chi connectivity index (χ2v) is 7.56. The van der Waals surface area contributed by atoms with Crippen LogP contribution in [-0.4, -0.2) is 54.9 Å². The first-order chi connectivity index (χ1) is 16.0. The van der Waals surface area contributed by atoms with Gasteiger partial charge in [-0.1, -0.05) is 0 Å². The monoisotopic (exact) mass is 450 g/mol. The Labute approximate surface area is 186 Å². The van der Waals surface area contributed by atoms with E-state index in [1.165, 1.54) is 0 Å². The molecule has 4 N–H and O–H groups in total. The molecule has 170 valence electrons. The number of nitrogens with zero attached hydrogens (tertiary/aromatic N) is 5. The molecule has 0 aliphatic heterocycles. The summed E-state index contributed by atoms with van der Waals surface area (Å²) in [5.41, 5.74) is 1.53. The Balaban J connectivity index is 1.55. The Morgan fingerprint density at radius 2 is 2.12 bits per heavy atom. The molecule has 33 heavy (non-hydrogen) atoms. The zero-order valence-corrected chi connectivity index (χ0v) is 18.0. The highest BCUT2D eigenvalue weighted by Crippen LogP contribution is 2.25. The maximum absolute atomic E-state index is 11.5. The van der Waals surface area contributed by atoms with Crippen LogP contribution in [-0.2, 0) is 6.54 Å². The number of hydrogen-bond donors (Lipinski definition) is 4. The van der Waals surface area contributed by atoms with E-state index in [2.05, 4.69) is 35.3 Å². The number of benzene rings is 1. The molecule has 12 heteroatoms. The number of hydrogen-bond acceptors (Lipinski definition) is 9. The first-order valence-corrected chi connectivity index (χ1v) is 10.3. The van der Waals surface area contributed by atoms with Crippen LogP contribution in [0.25, 0.3) is 11.7 Å². The number of aromatic nitrogens is 6. The fourth-order valence-electron chi connectivity index (χ4n) is 3.33. The lowest BCUT2D eigenvalue weighted by Crippen LogP contribution is -2.24. The number of nitrogens with one attached hydrogen (secondary N) is 3. The molecular weight excluding hydrogens is 428 g/mol. The van der Waals surface area contributed by atoms with Gasteiger partial charge in [-0.25, -0.2) is 9.79 Å². The van der Waals surface area contributed by atoms with Crippen LogP contribution in [0.1, 0.15) is 24.1 Å². The minimum Gasteiger partial charge on any atom is -0.497 e. The molecule has 3 heterocycles. The number of ether oxygens (including phenoxy) is 2. The standard InChI is InChI=1S/C21H22N8O4/c1-32-14-6-3-11(16(8-14)33-2)9-22-19-26-17-12(7-15-18(30)27-21(31)25-15)10-23-29(17)20(28-19)24-13-4-5-13/h3,6-8,10,13,30H,4-5,9H2,1-2H3,(H,22,24,28)(H2,25,27,31)/b12-7+. The number of aromatic amines is 2. The number of methoxy groups -OCH3 is 2. The maximum Gasteiger partial charge on any atom is 0.326 e. The molecular formula is C21H22N8O4. The summed E-state index contributed by atoms with van der Waals surface area (Å²) in [6, 6.07) is 5.79. The minimum atomic E-state index is -0.509. The number of aromatic hydroxyl groups is 1. The van der Waals surface area contributed by atoms with Crippen molar-refractivity contribution in [2.75, 3.05) is 19.5 Å². The molecule has 1 fully saturated rings. The molecule has 1 saturated carbocycles. The number of imidazole rings is 1. The Kier molecular flexibility index (Phi) is 5.17. The highest BCUT2D eigenvalue weighted by molar-refractivity contribution is 5.57. The van der Waals surface area contributed by atoms with Gasteiger partial charge >= 0.3 is 5.69 Å². The quantitative estimate of drug-likeness (QED) is 0.309. The third-order valence-corrected chi connectivity index (χ3v) is 5.19. The van der Waals surface area contributed by atoms with E-state index in [1.54, 1.807) is 31.0 Å². The number of H-pyrrole nitrogens is 2. The number of anilines is 1. The molecule has 1 aromatic carbocycles. The summed E-state index contributed by atoms with van der Waals surface area (Å²) in [5.74, 6) is 1.48. The Bertz CT molecular complexity index is 1500. The van der Waals surface area contributed by atoms with E-state index >= 15 is 0 Å². The fourth-order valence-corrected chi connectivity index (χ4v) is 3.33. The molecule has 0 atom stereocenters. The zero-order chi connectivity index (χ0) is 22.9. The smallest absolute Gasteiger partial charge is 0.326 e. The van der Waals surface area contributed by atoms with Crippen LogP contribution in [0.5, 0.6) is 17.4 Å². The van der Waals surface area contributed by atoms with E-state index in [4.69, 9.17) is 9.47 Å². The fraction of sp³-hybridized carbons (Fsp3) is 0.286. The van der Waals surface area contributed by atoms with Crippen LogP contribution in [0.3, 0.4) is 0 Å². The second kappa shape index (κ2) is 8.30. The molecule has 0 amide bonds. The van der Waals surface area contributed by atoms with Crippen molar-refractivity contribution in [3.63, 3.8) is 0 Å². The molecule has 5 rings (SSSR count). The van der Waals surface area contributed by atoms with Crippen LogP contribution in [0.4, 0.5) is 5.95 Å². The number of fused-ring (bicyclic) bond motifs is 1. The van der Waals surface area contributed by atoms with Crippen molar-refractivity contribution in [3.05, 3.63) is 57.0 Å². The number of rotatable bonds is 7.